The van der Waals surface area contributed by atoms with Crippen molar-refractivity contribution in [1.29, 1.82) is 0 Å². The van der Waals surface area contributed by atoms with Gasteiger partial charge < -0.3 is 9.72 Å². The summed E-state index contributed by atoms with van der Waals surface area (Å²) in [5.74, 6) is 0.220. The first-order valence-electron chi connectivity index (χ1n) is 9.47. The number of nitrogens with zero attached hydrogens (tertiary/aromatic N) is 2. The lowest BCUT2D eigenvalue weighted by Gasteiger charge is -2.24. The molecule has 2 amide bonds. The highest BCUT2D eigenvalue weighted by Crippen LogP contribution is 2.32. The minimum absolute atomic E-state index is 0.0159. The highest BCUT2D eigenvalue weighted by atomic mass is 32.2. The van der Waals surface area contributed by atoms with Gasteiger partial charge in [0, 0.05) is 23.4 Å². The van der Waals surface area contributed by atoms with Crippen molar-refractivity contribution in [1.82, 2.24) is 14.9 Å². The van der Waals surface area contributed by atoms with E-state index in [1.807, 2.05) is 48.5 Å². The summed E-state index contributed by atoms with van der Waals surface area (Å²) in [6, 6.07) is 20.2. The molecule has 1 aliphatic rings. The molecule has 0 atom stereocenters. The maximum atomic E-state index is 11.8. The van der Waals surface area contributed by atoms with Crippen molar-refractivity contribution in [2.24, 2.45) is 0 Å². The summed E-state index contributed by atoms with van der Waals surface area (Å²) in [5.41, 5.74) is 4.03. The number of ether oxygens (including phenoxy) is 1. The Hall–Kier alpha value is -2.90. The molecule has 4 rings (SSSR count). The molecule has 1 aliphatic heterocycles. The van der Waals surface area contributed by atoms with Gasteiger partial charge in [-0.05, 0) is 6.42 Å². The molecule has 3 aromatic rings. The fraction of sp³-hybridized carbons (Fsp3) is 0.227. The molecule has 0 aliphatic carbocycles. The second kappa shape index (κ2) is 9.07. The number of H-pyrrole nitrogens is 1. The number of rotatable bonds is 7. The molecule has 6 nitrogen and oxygen atoms in total. The van der Waals surface area contributed by atoms with Crippen molar-refractivity contribution in [3.63, 3.8) is 0 Å². The van der Waals surface area contributed by atoms with Gasteiger partial charge in [0.25, 0.3) is 11.8 Å². The summed E-state index contributed by atoms with van der Waals surface area (Å²) in [6.07, 6.45) is 0.699. The number of imide groups is 1. The van der Waals surface area contributed by atoms with Crippen LogP contribution in [0.1, 0.15) is 6.42 Å². The number of benzene rings is 2. The number of aromatic nitrogens is 2. The van der Waals surface area contributed by atoms with Gasteiger partial charge in [0.05, 0.1) is 11.4 Å². The monoisotopic (exact) mass is 407 g/mol. The predicted molar refractivity (Wildman–Crippen MR) is 112 cm³/mol. The van der Waals surface area contributed by atoms with E-state index in [2.05, 4.69) is 17.1 Å². The van der Waals surface area contributed by atoms with E-state index < -0.39 is 0 Å². The second-order valence-corrected chi connectivity index (χ2v) is 7.72. The number of hydrogen-bond donors (Lipinski definition) is 1. The fourth-order valence-electron chi connectivity index (χ4n) is 3.20. The largest absolute Gasteiger partial charge is 0.362 e. The Morgan fingerprint density at radius 3 is 2.21 bits per heavy atom. The molecular formula is C22H21N3O3S. The summed E-state index contributed by atoms with van der Waals surface area (Å²) >= 11 is 1.59. The lowest BCUT2D eigenvalue weighted by atomic mass is 10.1. The molecule has 2 aromatic carbocycles. The van der Waals surface area contributed by atoms with Crippen LogP contribution >= 0.6 is 11.8 Å². The van der Waals surface area contributed by atoms with Crippen LogP contribution in [0.3, 0.4) is 0 Å². The Kier molecular flexibility index (Phi) is 6.07. The number of amides is 2. The quantitative estimate of drug-likeness (QED) is 0.368. The molecule has 0 saturated carbocycles. The molecule has 0 unspecified atom stereocenters. The highest BCUT2D eigenvalue weighted by Gasteiger charge is 2.25. The third kappa shape index (κ3) is 4.58. The molecule has 29 heavy (non-hydrogen) atoms. The second-order valence-electron chi connectivity index (χ2n) is 6.63. The van der Waals surface area contributed by atoms with Crippen molar-refractivity contribution in [3.8, 4) is 22.5 Å². The Morgan fingerprint density at radius 2 is 1.55 bits per heavy atom. The Morgan fingerprint density at radius 1 is 0.931 bits per heavy atom. The van der Waals surface area contributed by atoms with Gasteiger partial charge in [-0.1, -0.05) is 72.4 Å². The first-order chi connectivity index (χ1) is 14.2. The Balaban J connectivity index is 1.46. The van der Waals surface area contributed by atoms with Gasteiger partial charge in [0.1, 0.15) is 13.2 Å². The minimum atomic E-state index is -0.262. The number of morpholine rings is 1. The maximum Gasteiger partial charge on any atom is 0.255 e. The zero-order chi connectivity index (χ0) is 20.1. The van der Waals surface area contributed by atoms with Crippen LogP contribution in [0, 0.1) is 0 Å². The van der Waals surface area contributed by atoms with E-state index in [-0.39, 0.29) is 25.0 Å². The molecule has 1 fully saturated rings. The molecule has 7 heteroatoms. The zero-order valence-corrected chi connectivity index (χ0v) is 16.7. The number of aromatic amines is 1. The predicted octanol–water partition coefficient (Wildman–Crippen LogP) is 3.61. The van der Waals surface area contributed by atoms with Crippen LogP contribution in [0.15, 0.2) is 65.8 Å². The number of nitrogens with one attached hydrogen (secondary N) is 1. The van der Waals surface area contributed by atoms with Crippen LogP contribution in [0.2, 0.25) is 0 Å². The van der Waals surface area contributed by atoms with Gasteiger partial charge in [0.15, 0.2) is 5.16 Å². The molecule has 1 aromatic heterocycles. The third-order valence-corrected chi connectivity index (χ3v) is 5.57. The Labute approximate surface area is 173 Å². The summed E-state index contributed by atoms with van der Waals surface area (Å²) in [4.78, 5) is 33.1. The standard InChI is InChI=1S/C22H21N3O3S/c26-18-14-28-15-19(27)25(18)12-7-13-29-22-23-20(16-8-3-1-4-9-16)21(24-22)17-10-5-2-6-11-17/h1-6,8-11H,7,12-15H2,(H,23,24). The summed E-state index contributed by atoms with van der Waals surface area (Å²) in [6.45, 7) is 0.377. The van der Waals surface area contributed by atoms with E-state index in [0.717, 1.165) is 33.4 Å². The van der Waals surface area contributed by atoms with Crippen LogP contribution in [0.5, 0.6) is 0 Å². The summed E-state index contributed by atoms with van der Waals surface area (Å²) in [7, 11) is 0. The van der Waals surface area contributed by atoms with Gasteiger partial charge in [-0.3, -0.25) is 14.5 Å². The molecule has 1 saturated heterocycles. The highest BCUT2D eigenvalue weighted by molar-refractivity contribution is 7.99. The molecule has 0 radical (unpaired) electrons. The SMILES string of the molecule is O=C1COCC(=O)N1CCCSc1nc(-c2ccccc2)c(-c2ccccc2)[nH]1. The lowest BCUT2D eigenvalue weighted by molar-refractivity contribution is -0.158. The van der Waals surface area contributed by atoms with Gasteiger partial charge in [-0.2, -0.15) is 0 Å². The lowest BCUT2D eigenvalue weighted by Crippen LogP contribution is -2.46. The smallest absolute Gasteiger partial charge is 0.255 e. The number of carbonyl (C=O) groups is 2. The van der Waals surface area contributed by atoms with E-state index in [0.29, 0.717) is 13.0 Å². The Bertz CT molecular complexity index is 916. The summed E-state index contributed by atoms with van der Waals surface area (Å²) < 4.78 is 4.94. The fourth-order valence-corrected chi connectivity index (χ4v) is 4.00. The molecule has 2 heterocycles. The molecular weight excluding hydrogens is 386 g/mol. The zero-order valence-electron chi connectivity index (χ0n) is 15.8. The van der Waals surface area contributed by atoms with Crippen molar-refractivity contribution in [2.45, 2.75) is 11.6 Å². The topological polar surface area (TPSA) is 75.3 Å². The first-order valence-corrected chi connectivity index (χ1v) is 10.5. The van der Waals surface area contributed by atoms with Crippen LogP contribution < -0.4 is 0 Å². The van der Waals surface area contributed by atoms with E-state index in [9.17, 15) is 9.59 Å². The molecule has 0 bridgehead atoms. The van der Waals surface area contributed by atoms with Crippen molar-refractivity contribution < 1.29 is 14.3 Å². The minimum Gasteiger partial charge on any atom is -0.362 e. The van der Waals surface area contributed by atoms with Crippen molar-refractivity contribution in [3.05, 3.63) is 60.7 Å². The van der Waals surface area contributed by atoms with E-state index in [1.54, 1.807) is 11.8 Å². The van der Waals surface area contributed by atoms with Crippen LogP contribution in [-0.4, -0.2) is 52.2 Å². The molecule has 1 N–H and O–H groups in total. The molecule has 148 valence electrons. The van der Waals surface area contributed by atoms with Crippen LogP contribution in [0.4, 0.5) is 0 Å². The third-order valence-electron chi connectivity index (χ3n) is 4.61. The number of imidazole rings is 1. The maximum absolute atomic E-state index is 11.8. The van der Waals surface area contributed by atoms with Crippen molar-refractivity contribution in [2.75, 3.05) is 25.5 Å². The van der Waals surface area contributed by atoms with E-state index in [1.165, 1.54) is 4.90 Å². The van der Waals surface area contributed by atoms with Gasteiger partial charge in [-0.25, -0.2) is 4.98 Å². The van der Waals surface area contributed by atoms with Crippen molar-refractivity contribution >= 4 is 23.6 Å². The number of thioether (sulfide) groups is 1. The van der Waals surface area contributed by atoms with Gasteiger partial charge in [0.2, 0.25) is 0 Å². The van der Waals surface area contributed by atoms with Crippen LogP contribution in [0.25, 0.3) is 22.5 Å². The van der Waals surface area contributed by atoms with Gasteiger partial charge in [-0.15, -0.1) is 0 Å². The average Bonchev–Trinajstić information content (AvgIpc) is 3.18. The van der Waals surface area contributed by atoms with E-state index >= 15 is 0 Å². The molecule has 0 spiro atoms. The van der Waals surface area contributed by atoms with Crippen LogP contribution in [-0.2, 0) is 14.3 Å². The summed E-state index contributed by atoms with van der Waals surface area (Å²) in [5, 5.41) is 0.822. The number of hydrogen-bond acceptors (Lipinski definition) is 5. The average molecular weight is 407 g/mol. The van der Waals surface area contributed by atoms with E-state index in [4.69, 9.17) is 9.72 Å². The normalized spacial score (nSPS) is 14.4. The number of carbonyl (C=O) groups excluding carboxylic acids is 2. The van der Waals surface area contributed by atoms with Gasteiger partial charge >= 0.3 is 0 Å². The first kappa shape index (κ1) is 19.4.